The Kier molecular flexibility index (Phi) is 3.24. The Hall–Kier alpha value is -1.65. The van der Waals surface area contributed by atoms with Crippen LogP contribution >= 0.6 is 0 Å². The number of hydrogen-bond donors (Lipinski definition) is 1. The molecule has 0 aromatic rings. The summed E-state index contributed by atoms with van der Waals surface area (Å²) in [5, 5.41) is 8.58. The first-order chi connectivity index (χ1) is 6.93. The van der Waals surface area contributed by atoms with E-state index in [0.29, 0.717) is 0 Å². The van der Waals surface area contributed by atoms with Crippen LogP contribution in [0.4, 0.5) is 0 Å². The van der Waals surface area contributed by atoms with Crippen LogP contribution < -0.4 is 0 Å². The summed E-state index contributed by atoms with van der Waals surface area (Å²) in [6.45, 7) is 3.17. The normalized spacial score (nSPS) is 22.4. The molecule has 82 valence electrons. The lowest BCUT2D eigenvalue weighted by Gasteiger charge is -2.11. The molecular weight excluding hydrogens is 198 g/mol. The zero-order chi connectivity index (χ0) is 11.6. The number of rotatable bonds is 3. The van der Waals surface area contributed by atoms with Crippen LogP contribution in [0.2, 0.25) is 0 Å². The summed E-state index contributed by atoms with van der Waals surface area (Å²) >= 11 is 0. The van der Waals surface area contributed by atoms with Gasteiger partial charge in [-0.1, -0.05) is 13.0 Å². The first kappa shape index (κ1) is 11.4. The molecule has 0 aromatic heterocycles. The number of carboxylic acid groups (broad SMARTS) is 1. The van der Waals surface area contributed by atoms with Gasteiger partial charge >= 0.3 is 5.97 Å². The fourth-order valence-electron chi connectivity index (χ4n) is 1.36. The number of likely N-dealkylation sites (tertiary alicyclic amines) is 1. The van der Waals surface area contributed by atoms with Crippen LogP contribution in [-0.2, 0) is 14.4 Å². The molecule has 1 rings (SSSR count). The summed E-state index contributed by atoms with van der Waals surface area (Å²) in [5.74, 6) is -1.78. The lowest BCUT2D eigenvalue weighted by atomic mass is 10.1. The maximum absolute atomic E-state index is 11.4. The van der Waals surface area contributed by atoms with Crippen LogP contribution in [0, 0.1) is 5.92 Å². The van der Waals surface area contributed by atoms with E-state index >= 15 is 0 Å². The Morgan fingerprint density at radius 1 is 1.60 bits per heavy atom. The average molecular weight is 211 g/mol. The summed E-state index contributed by atoms with van der Waals surface area (Å²) in [6.07, 6.45) is 1.59. The number of aliphatic carboxylic acids is 1. The minimum atomic E-state index is -1.04. The second kappa shape index (κ2) is 4.25. The molecule has 1 N–H and O–H groups in total. The van der Waals surface area contributed by atoms with Crippen LogP contribution in [0.15, 0.2) is 11.6 Å². The van der Waals surface area contributed by atoms with Gasteiger partial charge in [-0.2, -0.15) is 0 Å². The van der Waals surface area contributed by atoms with Crippen LogP contribution in [0.25, 0.3) is 0 Å². The van der Waals surface area contributed by atoms with Gasteiger partial charge in [0.15, 0.2) is 0 Å². The standard InChI is InChI=1S/C10H13NO4/c1-6(10(14)15)3-4-11-8(12)5-7(2)9(11)13/h3,7H,4-5H2,1-2H3,(H,14,15)/b6-3-. The fourth-order valence-corrected chi connectivity index (χ4v) is 1.36. The molecule has 1 unspecified atom stereocenters. The second-order valence-corrected chi connectivity index (χ2v) is 3.64. The zero-order valence-electron chi connectivity index (χ0n) is 8.69. The van der Waals surface area contributed by atoms with Crippen molar-refractivity contribution >= 4 is 17.8 Å². The lowest BCUT2D eigenvalue weighted by molar-refractivity contribution is -0.139. The van der Waals surface area contributed by atoms with Crippen LogP contribution in [0.5, 0.6) is 0 Å². The minimum Gasteiger partial charge on any atom is -0.478 e. The smallest absolute Gasteiger partial charge is 0.331 e. The molecule has 1 heterocycles. The number of hydrogen-bond acceptors (Lipinski definition) is 3. The third-order valence-electron chi connectivity index (χ3n) is 2.39. The average Bonchev–Trinajstić information content (AvgIpc) is 2.38. The van der Waals surface area contributed by atoms with Crippen LogP contribution in [-0.4, -0.2) is 34.3 Å². The first-order valence-corrected chi connectivity index (χ1v) is 4.67. The number of imide groups is 1. The molecule has 0 aliphatic carbocycles. The Bertz CT molecular complexity index is 345. The van der Waals surface area contributed by atoms with Gasteiger partial charge in [-0.25, -0.2) is 4.79 Å². The quantitative estimate of drug-likeness (QED) is 0.542. The van der Waals surface area contributed by atoms with Gasteiger partial charge in [0, 0.05) is 24.5 Å². The molecule has 15 heavy (non-hydrogen) atoms. The van der Waals surface area contributed by atoms with Crippen molar-refractivity contribution in [1.82, 2.24) is 4.90 Å². The molecule has 5 heteroatoms. The van der Waals surface area contributed by atoms with E-state index < -0.39 is 5.97 Å². The third kappa shape index (κ3) is 2.43. The van der Waals surface area contributed by atoms with Crippen molar-refractivity contribution in [2.75, 3.05) is 6.54 Å². The van der Waals surface area contributed by atoms with Gasteiger partial charge in [-0.05, 0) is 6.92 Å². The highest BCUT2D eigenvalue weighted by molar-refractivity contribution is 6.03. The maximum Gasteiger partial charge on any atom is 0.331 e. The molecule has 0 bridgehead atoms. The van der Waals surface area contributed by atoms with E-state index in [0.717, 1.165) is 4.90 Å². The predicted molar refractivity (Wildman–Crippen MR) is 51.9 cm³/mol. The summed E-state index contributed by atoms with van der Waals surface area (Å²) < 4.78 is 0. The molecule has 1 fully saturated rings. The molecule has 0 saturated carbocycles. The van der Waals surface area contributed by atoms with Crippen molar-refractivity contribution in [3.8, 4) is 0 Å². The molecule has 1 aliphatic rings. The molecule has 1 atom stereocenters. The van der Waals surface area contributed by atoms with Crippen LogP contribution in [0.3, 0.4) is 0 Å². The molecule has 5 nitrogen and oxygen atoms in total. The Balaban J connectivity index is 2.67. The van der Waals surface area contributed by atoms with E-state index in [1.165, 1.54) is 13.0 Å². The van der Waals surface area contributed by atoms with E-state index in [9.17, 15) is 14.4 Å². The summed E-state index contributed by atoms with van der Waals surface area (Å²) in [6, 6.07) is 0. The number of carboxylic acids is 1. The Morgan fingerprint density at radius 3 is 2.60 bits per heavy atom. The fraction of sp³-hybridized carbons (Fsp3) is 0.500. The highest BCUT2D eigenvalue weighted by Gasteiger charge is 2.34. The largest absolute Gasteiger partial charge is 0.478 e. The van der Waals surface area contributed by atoms with E-state index in [4.69, 9.17) is 5.11 Å². The van der Waals surface area contributed by atoms with Gasteiger partial charge in [0.2, 0.25) is 11.8 Å². The van der Waals surface area contributed by atoms with Gasteiger partial charge in [-0.3, -0.25) is 14.5 Å². The topological polar surface area (TPSA) is 74.7 Å². The number of amides is 2. The van der Waals surface area contributed by atoms with Gasteiger partial charge < -0.3 is 5.11 Å². The van der Waals surface area contributed by atoms with E-state index in [2.05, 4.69) is 0 Å². The van der Waals surface area contributed by atoms with Crippen molar-refractivity contribution in [2.24, 2.45) is 5.92 Å². The summed E-state index contributed by atoms with van der Waals surface area (Å²) in [5.41, 5.74) is 0.134. The van der Waals surface area contributed by atoms with E-state index in [1.807, 2.05) is 0 Å². The third-order valence-corrected chi connectivity index (χ3v) is 2.39. The minimum absolute atomic E-state index is 0.0557. The molecular formula is C10H13NO4. The van der Waals surface area contributed by atoms with Crippen LogP contribution in [0.1, 0.15) is 20.3 Å². The van der Waals surface area contributed by atoms with E-state index in [1.54, 1.807) is 6.92 Å². The molecule has 1 aliphatic heterocycles. The molecule has 1 saturated heterocycles. The van der Waals surface area contributed by atoms with Gasteiger partial charge in [0.25, 0.3) is 0 Å². The van der Waals surface area contributed by atoms with Crippen molar-refractivity contribution in [3.05, 3.63) is 11.6 Å². The highest BCUT2D eigenvalue weighted by Crippen LogP contribution is 2.18. The number of carbonyl (C=O) groups excluding carboxylic acids is 2. The number of carbonyl (C=O) groups is 3. The monoisotopic (exact) mass is 211 g/mol. The first-order valence-electron chi connectivity index (χ1n) is 4.67. The summed E-state index contributed by atoms with van der Waals surface area (Å²) in [7, 11) is 0. The van der Waals surface area contributed by atoms with Crippen molar-refractivity contribution in [2.45, 2.75) is 20.3 Å². The maximum atomic E-state index is 11.4. The number of nitrogens with zero attached hydrogens (tertiary/aromatic N) is 1. The molecule has 0 aromatic carbocycles. The lowest BCUT2D eigenvalue weighted by Crippen LogP contribution is -2.30. The van der Waals surface area contributed by atoms with Gasteiger partial charge in [0.05, 0.1) is 0 Å². The van der Waals surface area contributed by atoms with Crippen molar-refractivity contribution < 1.29 is 19.5 Å². The molecule has 2 amide bonds. The zero-order valence-corrected chi connectivity index (χ0v) is 8.69. The summed E-state index contributed by atoms with van der Waals surface area (Å²) in [4.78, 5) is 34.3. The SMILES string of the molecule is C/C(=C/CN1C(=O)CC(C)C1=O)C(=O)O. The van der Waals surface area contributed by atoms with Gasteiger partial charge in [0.1, 0.15) is 0 Å². The predicted octanol–water partition coefficient (Wildman–Crippen LogP) is 0.412. The Morgan fingerprint density at radius 2 is 2.20 bits per heavy atom. The second-order valence-electron chi connectivity index (χ2n) is 3.64. The van der Waals surface area contributed by atoms with Crippen molar-refractivity contribution in [1.29, 1.82) is 0 Å². The molecule has 0 spiro atoms. The highest BCUT2D eigenvalue weighted by atomic mass is 16.4. The Labute approximate surface area is 87.4 Å². The van der Waals surface area contributed by atoms with E-state index in [-0.39, 0.29) is 36.3 Å². The van der Waals surface area contributed by atoms with Crippen molar-refractivity contribution in [3.63, 3.8) is 0 Å². The molecule has 0 radical (unpaired) electrons. The van der Waals surface area contributed by atoms with Gasteiger partial charge in [-0.15, -0.1) is 0 Å².